The lowest BCUT2D eigenvalue weighted by molar-refractivity contribution is -0.141. The van der Waals surface area contributed by atoms with E-state index in [9.17, 15) is 23.6 Å². The van der Waals surface area contributed by atoms with Crippen LogP contribution in [0.3, 0.4) is 0 Å². The summed E-state index contributed by atoms with van der Waals surface area (Å²) in [5, 5.41) is 8.09. The van der Waals surface area contributed by atoms with Gasteiger partial charge < -0.3 is 36.3 Å². The number of nitrogens with one attached hydrogen (secondary N) is 1. The van der Waals surface area contributed by atoms with E-state index in [1.54, 1.807) is 24.3 Å². The number of piperidine rings is 2. The Hall–Kier alpha value is -4.04. The van der Waals surface area contributed by atoms with Crippen LogP contribution in [0.5, 0.6) is 0 Å². The fourth-order valence-electron chi connectivity index (χ4n) is 8.29. The largest absolute Gasteiger partial charge is 0.375 e. The molecule has 3 saturated heterocycles. The van der Waals surface area contributed by atoms with Crippen molar-refractivity contribution in [1.29, 1.82) is 5.41 Å². The second-order valence-electron chi connectivity index (χ2n) is 15.7. The van der Waals surface area contributed by atoms with Gasteiger partial charge in [-0.05, 0) is 82.2 Å². The highest BCUT2D eigenvalue weighted by molar-refractivity contribution is 6.09. The molecule has 0 bridgehead atoms. The van der Waals surface area contributed by atoms with E-state index in [-0.39, 0.29) is 59.4 Å². The van der Waals surface area contributed by atoms with E-state index in [0.29, 0.717) is 23.3 Å². The van der Waals surface area contributed by atoms with Crippen LogP contribution in [0.1, 0.15) is 96.6 Å². The van der Waals surface area contributed by atoms with E-state index in [2.05, 4.69) is 23.8 Å². The van der Waals surface area contributed by atoms with Crippen LogP contribution in [-0.2, 0) is 20.7 Å². The minimum atomic E-state index is -0.608. The standard InChI is InChI=1S/C26H47N5O3.C16H13FN2O2/c1-20(25(32)31-18-16-28(2)17-19-31)29-12-8-22(9-13-29)34-23-10-14-30(15-11-23)26(33)24(27)21-6-4-3-5-7-21;17-14-6-5-10(7-11(14)9-20)8-15(18)12-3-1-2-4-13(12)16(19)21/h20-24H,3-19,27H2,1-2H3;1-7,9,18H,8H2,(H2,19,21). The maximum absolute atomic E-state index is 13.3. The average Bonchev–Trinajstić information content (AvgIpc) is 3.21. The second kappa shape index (κ2) is 20.2. The monoisotopic (exact) mass is 761 g/mol. The third kappa shape index (κ3) is 11.5. The van der Waals surface area contributed by atoms with Crippen LogP contribution in [-0.4, -0.2) is 133 Å². The minimum absolute atomic E-state index is 0.0491. The van der Waals surface area contributed by atoms with Crippen LogP contribution in [0.15, 0.2) is 42.5 Å². The summed E-state index contributed by atoms with van der Waals surface area (Å²) < 4.78 is 19.7. The maximum atomic E-state index is 13.3. The molecule has 300 valence electrons. The number of aldehydes is 1. The summed E-state index contributed by atoms with van der Waals surface area (Å²) in [4.78, 5) is 56.5. The Balaban J connectivity index is 0.000000237. The third-order valence-corrected chi connectivity index (χ3v) is 11.9. The van der Waals surface area contributed by atoms with Crippen molar-refractivity contribution in [2.45, 2.75) is 95.4 Å². The highest BCUT2D eigenvalue weighted by Gasteiger charge is 2.34. The van der Waals surface area contributed by atoms with Crippen molar-refractivity contribution in [3.63, 3.8) is 0 Å². The van der Waals surface area contributed by atoms with Gasteiger partial charge in [0, 0.05) is 75.6 Å². The first kappa shape index (κ1) is 42.1. The molecule has 0 spiro atoms. The molecular formula is C42H60FN7O5. The maximum Gasteiger partial charge on any atom is 0.249 e. The van der Waals surface area contributed by atoms with E-state index in [0.717, 1.165) is 90.9 Å². The van der Waals surface area contributed by atoms with Gasteiger partial charge >= 0.3 is 0 Å². The number of amides is 3. The molecule has 3 amide bonds. The zero-order chi connectivity index (χ0) is 39.5. The number of hydrogen-bond donors (Lipinski definition) is 3. The number of halogens is 1. The predicted molar refractivity (Wildman–Crippen MR) is 211 cm³/mol. The molecule has 0 aromatic heterocycles. The first-order valence-electron chi connectivity index (χ1n) is 20.1. The topological polar surface area (TPSA) is 166 Å². The Bertz CT molecular complexity index is 1630. The molecule has 1 aliphatic carbocycles. The number of carbonyl (C=O) groups excluding carboxylic acids is 4. The Morgan fingerprint density at radius 1 is 0.836 bits per heavy atom. The average molecular weight is 762 g/mol. The summed E-state index contributed by atoms with van der Waals surface area (Å²) in [5.41, 5.74) is 13.1. The number of likely N-dealkylation sites (tertiary alicyclic amines) is 2. The highest BCUT2D eigenvalue weighted by atomic mass is 19.1. The molecule has 4 fully saturated rings. The van der Waals surface area contributed by atoms with Gasteiger partial charge in [0.2, 0.25) is 17.7 Å². The summed E-state index contributed by atoms with van der Waals surface area (Å²) in [5.74, 6) is -0.416. The zero-order valence-corrected chi connectivity index (χ0v) is 32.6. The number of ether oxygens (including phenoxy) is 1. The first-order valence-corrected chi connectivity index (χ1v) is 20.1. The van der Waals surface area contributed by atoms with Crippen LogP contribution >= 0.6 is 0 Å². The molecule has 5 N–H and O–H groups in total. The number of primary amides is 1. The molecule has 12 nitrogen and oxygen atoms in total. The molecular weight excluding hydrogens is 702 g/mol. The van der Waals surface area contributed by atoms with Gasteiger partial charge in [-0.15, -0.1) is 0 Å². The van der Waals surface area contributed by atoms with Crippen LogP contribution in [0.2, 0.25) is 0 Å². The molecule has 2 atom stereocenters. The molecule has 55 heavy (non-hydrogen) atoms. The highest BCUT2D eigenvalue weighted by Crippen LogP contribution is 2.28. The van der Waals surface area contributed by atoms with Crippen molar-refractivity contribution in [3.05, 3.63) is 70.5 Å². The Labute approximate surface area is 325 Å². The first-order chi connectivity index (χ1) is 26.4. The molecule has 2 aromatic carbocycles. The molecule has 2 aromatic rings. The van der Waals surface area contributed by atoms with Crippen LogP contribution in [0, 0.1) is 17.1 Å². The van der Waals surface area contributed by atoms with Gasteiger partial charge in [0.25, 0.3) is 0 Å². The van der Waals surface area contributed by atoms with Gasteiger partial charge in [-0.1, -0.05) is 43.5 Å². The summed E-state index contributed by atoms with van der Waals surface area (Å²) in [6.07, 6.45) is 10.8. The number of rotatable bonds is 11. The Kier molecular flexibility index (Phi) is 15.5. The fraction of sp³-hybridized carbons (Fsp3) is 0.595. The van der Waals surface area contributed by atoms with Gasteiger partial charge in [-0.3, -0.25) is 24.1 Å². The van der Waals surface area contributed by atoms with Crippen molar-refractivity contribution < 1.29 is 28.3 Å². The normalized spacial score (nSPS) is 20.6. The zero-order valence-electron chi connectivity index (χ0n) is 32.6. The van der Waals surface area contributed by atoms with Crippen LogP contribution in [0.25, 0.3) is 0 Å². The van der Waals surface area contributed by atoms with Crippen LogP contribution < -0.4 is 11.5 Å². The van der Waals surface area contributed by atoms with Gasteiger partial charge in [0.1, 0.15) is 5.82 Å². The molecule has 1 saturated carbocycles. The van der Waals surface area contributed by atoms with Gasteiger partial charge in [-0.25, -0.2) is 4.39 Å². The van der Waals surface area contributed by atoms with E-state index in [4.69, 9.17) is 21.6 Å². The van der Waals surface area contributed by atoms with E-state index < -0.39 is 11.7 Å². The minimum Gasteiger partial charge on any atom is -0.375 e. The van der Waals surface area contributed by atoms with Crippen molar-refractivity contribution in [2.75, 3.05) is 59.4 Å². The fourth-order valence-corrected chi connectivity index (χ4v) is 8.29. The number of piperazine rings is 1. The lowest BCUT2D eigenvalue weighted by Crippen LogP contribution is -2.55. The van der Waals surface area contributed by atoms with Crippen LogP contribution in [0.4, 0.5) is 4.39 Å². The van der Waals surface area contributed by atoms with E-state index in [1.807, 2.05) is 9.80 Å². The van der Waals surface area contributed by atoms with E-state index >= 15 is 0 Å². The van der Waals surface area contributed by atoms with Gasteiger partial charge in [0.15, 0.2) is 6.29 Å². The van der Waals surface area contributed by atoms with Crippen molar-refractivity contribution in [3.8, 4) is 0 Å². The van der Waals surface area contributed by atoms with Crippen molar-refractivity contribution >= 4 is 29.7 Å². The lowest BCUT2D eigenvalue weighted by Gasteiger charge is -2.41. The quantitative estimate of drug-likeness (QED) is 0.229. The molecule has 3 heterocycles. The molecule has 4 aliphatic rings. The smallest absolute Gasteiger partial charge is 0.249 e. The summed E-state index contributed by atoms with van der Waals surface area (Å²) in [6.45, 7) is 9.03. The lowest BCUT2D eigenvalue weighted by atomic mass is 9.83. The summed E-state index contributed by atoms with van der Waals surface area (Å²) in [7, 11) is 2.12. The molecule has 0 radical (unpaired) electrons. The SMILES string of the molecule is CC(C(=O)N1CCN(C)CC1)N1CCC(OC2CCN(C(=O)C(N)C3CCCCC3)CC2)CC1.N=C(Cc1ccc(F)c(C=O)c1)c1ccccc1C(N)=O. The molecule has 2 unspecified atom stereocenters. The number of carbonyl (C=O) groups is 4. The third-order valence-electron chi connectivity index (χ3n) is 11.9. The summed E-state index contributed by atoms with van der Waals surface area (Å²) in [6, 6.07) is 10.3. The predicted octanol–water partition coefficient (Wildman–Crippen LogP) is 3.88. The van der Waals surface area contributed by atoms with Crippen molar-refractivity contribution in [1.82, 2.24) is 19.6 Å². The number of hydrogen-bond acceptors (Lipinski definition) is 9. The number of likely N-dealkylation sites (N-methyl/N-ethyl adjacent to an activating group) is 1. The molecule has 3 aliphatic heterocycles. The Morgan fingerprint density at radius 3 is 2.02 bits per heavy atom. The molecule has 6 rings (SSSR count). The second-order valence-corrected chi connectivity index (χ2v) is 15.7. The number of nitrogens with two attached hydrogens (primary N) is 2. The van der Waals surface area contributed by atoms with E-state index in [1.165, 1.54) is 37.5 Å². The Morgan fingerprint density at radius 2 is 1.42 bits per heavy atom. The number of nitrogens with zero attached hydrogens (tertiary/aromatic N) is 4. The summed E-state index contributed by atoms with van der Waals surface area (Å²) >= 11 is 0. The number of benzene rings is 2. The van der Waals surface area contributed by atoms with Gasteiger partial charge in [0.05, 0.1) is 29.9 Å². The molecule has 13 heteroatoms. The van der Waals surface area contributed by atoms with Gasteiger partial charge in [-0.2, -0.15) is 0 Å². The van der Waals surface area contributed by atoms with Crippen molar-refractivity contribution in [2.24, 2.45) is 17.4 Å².